The zero-order valence-corrected chi connectivity index (χ0v) is 15.4. The molecule has 0 saturated heterocycles. The van der Waals surface area contributed by atoms with E-state index in [1.807, 2.05) is 39.0 Å². The molecule has 23 heavy (non-hydrogen) atoms. The first kappa shape index (κ1) is 17.5. The molecule has 124 valence electrons. The van der Waals surface area contributed by atoms with E-state index in [4.69, 9.17) is 4.74 Å². The molecule has 0 bridgehead atoms. The van der Waals surface area contributed by atoms with Crippen molar-refractivity contribution in [1.29, 1.82) is 0 Å². The van der Waals surface area contributed by atoms with Crippen LogP contribution in [0.1, 0.15) is 33.3 Å². The van der Waals surface area contributed by atoms with Crippen molar-refractivity contribution < 1.29 is 14.3 Å². The van der Waals surface area contributed by atoms with Gasteiger partial charge in [-0.25, -0.2) is 4.79 Å². The lowest BCUT2D eigenvalue weighted by Crippen LogP contribution is -2.26. The van der Waals surface area contributed by atoms with E-state index in [2.05, 4.69) is 21.2 Å². The van der Waals surface area contributed by atoms with Crippen LogP contribution in [0.2, 0.25) is 0 Å². The zero-order valence-electron chi connectivity index (χ0n) is 13.8. The zero-order chi connectivity index (χ0) is 17.2. The van der Waals surface area contributed by atoms with Crippen LogP contribution < -0.4 is 5.32 Å². The van der Waals surface area contributed by atoms with E-state index in [0.29, 0.717) is 13.0 Å². The topological polar surface area (TPSA) is 60.3 Å². The lowest BCUT2D eigenvalue weighted by Gasteiger charge is -2.19. The van der Waals surface area contributed by atoms with Crippen LogP contribution in [-0.4, -0.2) is 28.7 Å². The molecule has 0 aliphatic heterocycles. The first-order valence-corrected chi connectivity index (χ1v) is 8.24. The quantitative estimate of drug-likeness (QED) is 0.878. The first-order valence-electron chi connectivity index (χ1n) is 7.44. The minimum Gasteiger partial charge on any atom is -0.443 e. The number of ether oxygens (including phenoxy) is 1. The summed E-state index contributed by atoms with van der Waals surface area (Å²) in [6, 6.07) is 5.74. The van der Waals surface area contributed by atoms with Crippen LogP contribution in [0.15, 0.2) is 28.9 Å². The summed E-state index contributed by atoms with van der Waals surface area (Å²) in [4.78, 5) is 23.4. The number of carbonyl (C=O) groups excluding carboxylic acids is 2. The van der Waals surface area contributed by atoms with E-state index in [1.165, 1.54) is 11.5 Å². The fourth-order valence-electron chi connectivity index (χ4n) is 2.31. The van der Waals surface area contributed by atoms with Crippen molar-refractivity contribution in [3.05, 3.63) is 34.4 Å². The predicted molar refractivity (Wildman–Crippen MR) is 93.7 cm³/mol. The van der Waals surface area contributed by atoms with Crippen LogP contribution in [0.4, 0.5) is 4.79 Å². The van der Waals surface area contributed by atoms with Gasteiger partial charge in [-0.2, -0.15) is 0 Å². The van der Waals surface area contributed by atoms with Gasteiger partial charge >= 0.3 is 6.09 Å². The summed E-state index contributed by atoms with van der Waals surface area (Å²) in [5.41, 5.74) is 1.22. The minimum absolute atomic E-state index is 0.0675. The Bertz CT molecular complexity index is 744. The van der Waals surface area contributed by atoms with E-state index < -0.39 is 11.7 Å². The third kappa shape index (κ3) is 4.58. The van der Waals surface area contributed by atoms with Crippen molar-refractivity contribution in [1.82, 2.24) is 9.88 Å². The molecule has 2 aromatic rings. The van der Waals surface area contributed by atoms with Crippen LogP contribution in [0.3, 0.4) is 0 Å². The Morgan fingerprint density at radius 2 is 2.00 bits per heavy atom. The molecule has 2 rings (SSSR count). The molecule has 6 heteroatoms. The first-order chi connectivity index (χ1) is 10.7. The normalized spacial score (nSPS) is 11.5. The van der Waals surface area contributed by atoms with Crippen LogP contribution in [-0.2, 0) is 16.0 Å². The summed E-state index contributed by atoms with van der Waals surface area (Å²) in [5.74, 6) is -0.0675. The molecule has 0 fully saturated rings. The number of fused-ring (bicyclic) bond motifs is 1. The molecule has 1 amide bonds. The van der Waals surface area contributed by atoms with Gasteiger partial charge in [0, 0.05) is 29.5 Å². The van der Waals surface area contributed by atoms with Crippen molar-refractivity contribution >= 4 is 38.8 Å². The summed E-state index contributed by atoms with van der Waals surface area (Å²) >= 11 is 3.46. The standard InChI is InChI=1S/C17H21BrN2O3/c1-11(21)19-8-7-12-10-20(16(22)23-17(2,3)4)15-6-5-13(18)9-14(12)15/h5-6,9-10H,7-8H2,1-4H3,(H,19,21). The fraction of sp³-hybridized carbons (Fsp3) is 0.412. The van der Waals surface area contributed by atoms with Gasteiger partial charge in [0.1, 0.15) is 5.60 Å². The van der Waals surface area contributed by atoms with Gasteiger partial charge < -0.3 is 10.1 Å². The maximum absolute atomic E-state index is 12.4. The summed E-state index contributed by atoms with van der Waals surface area (Å²) in [6.07, 6.45) is 2.02. The minimum atomic E-state index is -0.556. The number of nitrogens with one attached hydrogen (secondary N) is 1. The van der Waals surface area contributed by atoms with Crippen molar-refractivity contribution in [3.8, 4) is 0 Å². The van der Waals surface area contributed by atoms with Crippen molar-refractivity contribution in [3.63, 3.8) is 0 Å². The van der Waals surface area contributed by atoms with Crippen molar-refractivity contribution in [2.75, 3.05) is 6.54 Å². The highest BCUT2D eigenvalue weighted by atomic mass is 79.9. The second-order valence-corrected chi connectivity index (χ2v) is 7.31. The predicted octanol–water partition coefficient (Wildman–Crippen LogP) is 3.87. The third-order valence-corrected chi connectivity index (χ3v) is 3.70. The average Bonchev–Trinajstić information content (AvgIpc) is 2.75. The van der Waals surface area contributed by atoms with Crippen LogP contribution in [0.5, 0.6) is 0 Å². The Kier molecular flexibility index (Phi) is 5.14. The molecule has 0 spiro atoms. The van der Waals surface area contributed by atoms with Gasteiger partial charge in [0.05, 0.1) is 5.52 Å². The summed E-state index contributed by atoms with van der Waals surface area (Å²) in [7, 11) is 0. The Morgan fingerprint density at radius 1 is 1.30 bits per heavy atom. The number of hydrogen-bond donors (Lipinski definition) is 1. The second-order valence-electron chi connectivity index (χ2n) is 6.40. The number of nitrogens with zero attached hydrogens (tertiary/aromatic N) is 1. The Labute approximate surface area is 144 Å². The summed E-state index contributed by atoms with van der Waals surface area (Å²) in [5, 5.41) is 3.74. The summed E-state index contributed by atoms with van der Waals surface area (Å²) < 4.78 is 7.92. The number of aromatic nitrogens is 1. The molecule has 0 aliphatic carbocycles. The number of hydrogen-bond acceptors (Lipinski definition) is 3. The molecule has 1 heterocycles. The fourth-order valence-corrected chi connectivity index (χ4v) is 2.67. The molecule has 1 aromatic carbocycles. The van der Waals surface area contributed by atoms with Crippen molar-refractivity contribution in [2.24, 2.45) is 0 Å². The SMILES string of the molecule is CC(=O)NCCc1cn(C(=O)OC(C)(C)C)c2ccc(Br)cc12. The van der Waals surface area contributed by atoms with Gasteiger partial charge in [0.2, 0.25) is 5.91 Å². The molecular formula is C17H21BrN2O3. The smallest absolute Gasteiger partial charge is 0.419 e. The van der Waals surface area contributed by atoms with Gasteiger partial charge in [-0.3, -0.25) is 9.36 Å². The highest BCUT2D eigenvalue weighted by molar-refractivity contribution is 9.10. The van der Waals surface area contributed by atoms with Gasteiger partial charge in [0.25, 0.3) is 0 Å². The Balaban J connectivity index is 2.37. The van der Waals surface area contributed by atoms with E-state index >= 15 is 0 Å². The third-order valence-electron chi connectivity index (χ3n) is 3.21. The molecule has 1 aromatic heterocycles. The number of benzene rings is 1. The van der Waals surface area contributed by atoms with E-state index in [9.17, 15) is 9.59 Å². The monoisotopic (exact) mass is 380 g/mol. The summed E-state index contributed by atoms with van der Waals surface area (Å²) in [6.45, 7) is 7.52. The number of rotatable bonds is 3. The number of amides is 1. The van der Waals surface area contributed by atoms with Crippen molar-refractivity contribution in [2.45, 2.75) is 39.7 Å². The Morgan fingerprint density at radius 3 is 2.61 bits per heavy atom. The largest absolute Gasteiger partial charge is 0.443 e. The van der Waals surface area contributed by atoms with Gasteiger partial charge in [-0.05, 0) is 51.0 Å². The molecule has 0 aliphatic rings. The van der Waals surface area contributed by atoms with Crippen LogP contribution >= 0.6 is 15.9 Å². The highest BCUT2D eigenvalue weighted by Crippen LogP contribution is 2.26. The maximum Gasteiger partial charge on any atom is 0.419 e. The molecule has 0 atom stereocenters. The molecule has 0 unspecified atom stereocenters. The van der Waals surface area contributed by atoms with E-state index in [-0.39, 0.29) is 5.91 Å². The molecule has 0 saturated carbocycles. The van der Waals surface area contributed by atoms with Gasteiger partial charge in [-0.15, -0.1) is 0 Å². The second kappa shape index (κ2) is 6.74. The van der Waals surface area contributed by atoms with Crippen LogP contribution in [0.25, 0.3) is 10.9 Å². The molecule has 1 N–H and O–H groups in total. The molecule has 5 nitrogen and oxygen atoms in total. The average molecular weight is 381 g/mol. The van der Waals surface area contributed by atoms with Gasteiger partial charge in [-0.1, -0.05) is 15.9 Å². The molecule has 0 radical (unpaired) electrons. The lowest BCUT2D eigenvalue weighted by molar-refractivity contribution is -0.118. The maximum atomic E-state index is 12.4. The Hall–Kier alpha value is -1.82. The van der Waals surface area contributed by atoms with E-state index in [0.717, 1.165) is 20.9 Å². The highest BCUT2D eigenvalue weighted by Gasteiger charge is 2.20. The number of carbonyl (C=O) groups is 2. The van der Waals surface area contributed by atoms with E-state index in [1.54, 1.807) is 6.20 Å². The molecular weight excluding hydrogens is 360 g/mol. The lowest BCUT2D eigenvalue weighted by atomic mass is 10.1. The van der Waals surface area contributed by atoms with Crippen LogP contribution in [0, 0.1) is 0 Å². The van der Waals surface area contributed by atoms with Gasteiger partial charge in [0.15, 0.2) is 0 Å². The number of halogens is 1.